The van der Waals surface area contributed by atoms with Gasteiger partial charge in [0.1, 0.15) is 6.10 Å². The highest BCUT2D eigenvalue weighted by molar-refractivity contribution is 5.69. The maximum atomic E-state index is 10.6. The van der Waals surface area contributed by atoms with E-state index in [4.69, 9.17) is 4.74 Å². The van der Waals surface area contributed by atoms with Crippen molar-refractivity contribution in [1.29, 1.82) is 0 Å². The summed E-state index contributed by atoms with van der Waals surface area (Å²) in [6.07, 6.45) is 0.847. The van der Waals surface area contributed by atoms with Gasteiger partial charge in [0.05, 0.1) is 6.54 Å². The van der Waals surface area contributed by atoms with Crippen LogP contribution in [0.2, 0.25) is 0 Å². The molecule has 1 aliphatic heterocycles. The van der Waals surface area contributed by atoms with E-state index in [1.807, 2.05) is 20.8 Å². The molecule has 66 valence electrons. The minimum absolute atomic E-state index is 0.127. The molecule has 0 aromatic carbocycles. The van der Waals surface area contributed by atoms with Crippen LogP contribution >= 0.6 is 0 Å². The zero-order valence-electron chi connectivity index (χ0n) is 7.76. The molecule has 0 N–H and O–H groups in total. The third-order valence-electron chi connectivity index (χ3n) is 1.51. The summed E-state index contributed by atoms with van der Waals surface area (Å²) in [5.74, 6) is 0. The van der Waals surface area contributed by atoms with Gasteiger partial charge in [-0.2, -0.15) is 0 Å². The molecule has 0 aliphatic carbocycles. The lowest BCUT2D eigenvalue weighted by atomic mass is 10.3. The smallest absolute Gasteiger partial charge is 0.409 e. The quantitative estimate of drug-likeness (QED) is 0.584. The number of hydrogen-bond donors (Lipinski definition) is 0. The van der Waals surface area contributed by atoms with E-state index < -0.39 is 0 Å². The highest BCUT2D eigenvalue weighted by atomic mass is 16.6. The van der Waals surface area contributed by atoms with E-state index in [0.717, 1.165) is 13.0 Å². The van der Waals surface area contributed by atoms with Crippen LogP contribution in [0.15, 0.2) is 0 Å². The monoisotopic (exact) mass is 159 g/mol. The third kappa shape index (κ3) is 2.78. The van der Waals surface area contributed by atoms with Crippen molar-refractivity contribution in [2.24, 2.45) is 0 Å². The van der Waals surface area contributed by atoms with Gasteiger partial charge < -0.3 is 9.64 Å². The molecule has 0 aromatic rings. The second-order valence-electron chi connectivity index (χ2n) is 2.29. The highest BCUT2D eigenvalue weighted by Crippen LogP contribution is 2.10. The Morgan fingerprint density at radius 3 is 2.36 bits per heavy atom. The van der Waals surface area contributed by atoms with E-state index in [-0.39, 0.29) is 12.2 Å². The molecular weight excluding hydrogens is 142 g/mol. The molecule has 0 bridgehead atoms. The first-order valence-electron chi connectivity index (χ1n) is 4.15. The van der Waals surface area contributed by atoms with Gasteiger partial charge in [0, 0.05) is 7.05 Å². The standard InChI is InChI=1S/C6H11NO2.C2H6/c1-3-5-4-7(2)6(8)9-5;1-2/h5H,3-4H2,1-2H3;1-2H3. The molecule has 1 aliphatic rings. The molecule has 1 unspecified atom stereocenters. The lowest BCUT2D eigenvalue weighted by molar-refractivity contribution is 0.132. The minimum atomic E-state index is -0.193. The SMILES string of the molecule is CC.CCC1CN(C)C(=O)O1. The summed E-state index contributed by atoms with van der Waals surface area (Å²) in [5.41, 5.74) is 0. The Bertz CT molecular complexity index is 125. The van der Waals surface area contributed by atoms with E-state index >= 15 is 0 Å². The van der Waals surface area contributed by atoms with Crippen LogP contribution < -0.4 is 0 Å². The second kappa shape index (κ2) is 4.99. The Kier molecular flexibility index (Phi) is 4.66. The first kappa shape index (κ1) is 10.3. The molecule has 1 rings (SSSR count). The van der Waals surface area contributed by atoms with Gasteiger partial charge in [0.25, 0.3) is 0 Å². The molecule has 1 fully saturated rings. The number of hydrogen-bond acceptors (Lipinski definition) is 2. The average Bonchev–Trinajstić information content (AvgIpc) is 2.36. The average molecular weight is 159 g/mol. The Morgan fingerprint density at radius 1 is 1.64 bits per heavy atom. The molecule has 0 saturated carbocycles. The number of likely N-dealkylation sites (N-methyl/N-ethyl adjacent to an activating group) is 1. The zero-order valence-corrected chi connectivity index (χ0v) is 7.76. The number of ether oxygens (including phenoxy) is 1. The first-order chi connectivity index (χ1) is 5.24. The summed E-state index contributed by atoms with van der Waals surface area (Å²) in [6.45, 7) is 6.76. The predicted molar refractivity (Wildman–Crippen MR) is 44.5 cm³/mol. The zero-order chi connectivity index (χ0) is 8.85. The molecule has 1 atom stereocenters. The summed E-state index contributed by atoms with van der Waals surface area (Å²) in [6, 6.07) is 0. The van der Waals surface area contributed by atoms with Gasteiger partial charge in [-0.05, 0) is 6.42 Å². The van der Waals surface area contributed by atoms with E-state index in [1.54, 1.807) is 11.9 Å². The number of amides is 1. The van der Waals surface area contributed by atoms with Crippen molar-refractivity contribution in [3.8, 4) is 0 Å². The Morgan fingerprint density at radius 2 is 2.18 bits per heavy atom. The molecular formula is C8H17NO2. The summed E-state index contributed by atoms with van der Waals surface area (Å²) in [7, 11) is 1.75. The summed E-state index contributed by atoms with van der Waals surface area (Å²) in [5, 5.41) is 0. The number of nitrogens with zero attached hydrogens (tertiary/aromatic N) is 1. The van der Waals surface area contributed by atoms with Crippen molar-refractivity contribution < 1.29 is 9.53 Å². The van der Waals surface area contributed by atoms with Gasteiger partial charge in [0.2, 0.25) is 0 Å². The van der Waals surface area contributed by atoms with Crippen LogP contribution in [-0.2, 0) is 4.74 Å². The predicted octanol–water partition coefficient (Wildman–Crippen LogP) is 1.87. The Hall–Kier alpha value is -0.730. The normalized spacial score (nSPS) is 22.4. The Labute approximate surface area is 68.3 Å². The number of rotatable bonds is 1. The first-order valence-corrected chi connectivity index (χ1v) is 4.15. The van der Waals surface area contributed by atoms with E-state index in [1.165, 1.54) is 0 Å². The maximum absolute atomic E-state index is 10.6. The van der Waals surface area contributed by atoms with Gasteiger partial charge >= 0.3 is 6.09 Å². The van der Waals surface area contributed by atoms with E-state index in [0.29, 0.717) is 0 Å². The molecule has 1 saturated heterocycles. The lowest BCUT2D eigenvalue weighted by Crippen LogP contribution is -2.18. The number of cyclic esters (lactones) is 1. The fourth-order valence-corrected chi connectivity index (χ4v) is 0.862. The van der Waals surface area contributed by atoms with Crippen LogP contribution in [0.1, 0.15) is 27.2 Å². The van der Waals surface area contributed by atoms with Gasteiger partial charge in [-0.15, -0.1) is 0 Å². The number of carbonyl (C=O) groups is 1. The highest BCUT2D eigenvalue weighted by Gasteiger charge is 2.25. The van der Waals surface area contributed by atoms with Crippen LogP contribution in [0.25, 0.3) is 0 Å². The summed E-state index contributed by atoms with van der Waals surface area (Å²) >= 11 is 0. The lowest BCUT2D eigenvalue weighted by Gasteiger charge is -2.01. The van der Waals surface area contributed by atoms with Gasteiger partial charge in [0.15, 0.2) is 0 Å². The van der Waals surface area contributed by atoms with Crippen LogP contribution in [0, 0.1) is 0 Å². The van der Waals surface area contributed by atoms with Gasteiger partial charge in [-0.3, -0.25) is 0 Å². The van der Waals surface area contributed by atoms with Gasteiger partial charge in [-0.25, -0.2) is 4.79 Å². The van der Waals surface area contributed by atoms with Crippen LogP contribution in [-0.4, -0.2) is 30.7 Å². The maximum Gasteiger partial charge on any atom is 0.409 e. The van der Waals surface area contributed by atoms with Crippen molar-refractivity contribution >= 4 is 6.09 Å². The van der Waals surface area contributed by atoms with Crippen LogP contribution in [0.4, 0.5) is 4.79 Å². The summed E-state index contributed by atoms with van der Waals surface area (Å²) in [4.78, 5) is 12.2. The molecule has 11 heavy (non-hydrogen) atoms. The fraction of sp³-hybridized carbons (Fsp3) is 0.875. The number of carbonyl (C=O) groups excluding carboxylic acids is 1. The molecule has 3 nitrogen and oxygen atoms in total. The van der Waals surface area contributed by atoms with Crippen LogP contribution in [0.5, 0.6) is 0 Å². The Balaban J connectivity index is 0.000000461. The van der Waals surface area contributed by atoms with Gasteiger partial charge in [-0.1, -0.05) is 20.8 Å². The van der Waals surface area contributed by atoms with Crippen LogP contribution in [0.3, 0.4) is 0 Å². The molecule has 0 radical (unpaired) electrons. The molecule has 1 heterocycles. The van der Waals surface area contributed by atoms with E-state index in [9.17, 15) is 4.79 Å². The molecule has 3 heteroatoms. The molecule has 1 amide bonds. The van der Waals surface area contributed by atoms with E-state index in [2.05, 4.69) is 0 Å². The van der Waals surface area contributed by atoms with Crippen molar-refractivity contribution in [2.45, 2.75) is 33.3 Å². The molecule has 0 spiro atoms. The second-order valence-corrected chi connectivity index (χ2v) is 2.29. The van der Waals surface area contributed by atoms with Crippen molar-refractivity contribution in [1.82, 2.24) is 4.90 Å². The largest absolute Gasteiger partial charge is 0.444 e. The van der Waals surface area contributed by atoms with Crippen molar-refractivity contribution in [2.75, 3.05) is 13.6 Å². The fourth-order valence-electron chi connectivity index (χ4n) is 0.862. The third-order valence-corrected chi connectivity index (χ3v) is 1.51. The van der Waals surface area contributed by atoms with Crippen molar-refractivity contribution in [3.63, 3.8) is 0 Å². The van der Waals surface area contributed by atoms with Crippen molar-refractivity contribution in [3.05, 3.63) is 0 Å². The topological polar surface area (TPSA) is 29.5 Å². The summed E-state index contributed by atoms with van der Waals surface area (Å²) < 4.78 is 4.91. The molecule has 0 aromatic heterocycles. The minimum Gasteiger partial charge on any atom is -0.444 e.